The van der Waals surface area contributed by atoms with Crippen LogP contribution in [0.2, 0.25) is 10.0 Å². The number of nitrogens with zero attached hydrogens (tertiary/aromatic N) is 1. The molecular formula is C11H6Cl2N2O4S. The number of aromatic nitrogens is 1. The topological polar surface area (TPSA) is 99.5 Å². The van der Waals surface area contributed by atoms with E-state index in [-0.39, 0.29) is 32.1 Å². The summed E-state index contributed by atoms with van der Waals surface area (Å²) in [7, 11) is 0. The van der Waals surface area contributed by atoms with E-state index in [1.54, 1.807) is 0 Å². The summed E-state index contributed by atoms with van der Waals surface area (Å²) in [6.45, 7) is 0. The first kappa shape index (κ1) is 14.6. The highest BCUT2D eigenvalue weighted by Gasteiger charge is 2.18. The molecule has 0 radical (unpaired) electrons. The van der Waals surface area contributed by atoms with Crippen molar-refractivity contribution in [2.75, 3.05) is 5.32 Å². The number of carbonyl (C=O) groups is 2. The molecule has 0 aliphatic rings. The second-order valence-corrected chi connectivity index (χ2v) is 5.25. The summed E-state index contributed by atoms with van der Waals surface area (Å²) in [5.74, 6) is -2.22. The molecule has 1 aromatic heterocycles. The van der Waals surface area contributed by atoms with E-state index < -0.39 is 11.9 Å². The molecule has 9 heteroatoms. The lowest BCUT2D eigenvalue weighted by molar-refractivity contribution is 0.0703. The first-order valence-corrected chi connectivity index (χ1v) is 6.70. The quantitative estimate of drug-likeness (QED) is 0.801. The van der Waals surface area contributed by atoms with Crippen LogP contribution in [0.25, 0.3) is 0 Å². The second kappa shape index (κ2) is 5.66. The van der Waals surface area contributed by atoms with Crippen LogP contribution in [0.5, 0.6) is 5.75 Å². The first-order chi connectivity index (χ1) is 9.40. The predicted octanol–water partition coefficient (Wildman–Crippen LogP) is 3.11. The van der Waals surface area contributed by atoms with Gasteiger partial charge in [0.25, 0.3) is 5.91 Å². The minimum atomic E-state index is -1.19. The van der Waals surface area contributed by atoms with Gasteiger partial charge in [-0.2, -0.15) is 0 Å². The van der Waals surface area contributed by atoms with Crippen LogP contribution in [0.15, 0.2) is 17.6 Å². The molecule has 0 unspecified atom stereocenters. The summed E-state index contributed by atoms with van der Waals surface area (Å²) >= 11 is 12.3. The zero-order valence-electron chi connectivity index (χ0n) is 9.55. The Kier molecular flexibility index (Phi) is 4.12. The van der Waals surface area contributed by atoms with Crippen molar-refractivity contribution in [3.8, 4) is 5.75 Å². The summed E-state index contributed by atoms with van der Waals surface area (Å²) in [6, 6.07) is 2.43. The molecule has 1 aromatic carbocycles. The van der Waals surface area contributed by atoms with Crippen LogP contribution in [-0.4, -0.2) is 27.1 Å². The Morgan fingerprint density at radius 2 is 1.85 bits per heavy atom. The number of benzene rings is 1. The number of hydrogen-bond donors (Lipinski definition) is 3. The summed E-state index contributed by atoms with van der Waals surface area (Å²) < 4.78 is 0. The van der Waals surface area contributed by atoms with Gasteiger partial charge < -0.3 is 15.5 Å². The summed E-state index contributed by atoms with van der Waals surface area (Å²) in [4.78, 5) is 26.5. The average Bonchev–Trinajstić information content (AvgIpc) is 2.83. The maximum Gasteiger partial charge on any atom is 0.349 e. The Hall–Kier alpha value is -1.83. The van der Waals surface area contributed by atoms with Crippen molar-refractivity contribution in [2.24, 2.45) is 0 Å². The second-order valence-electron chi connectivity index (χ2n) is 3.58. The molecule has 0 saturated heterocycles. The number of nitrogens with one attached hydrogen (secondary N) is 1. The average molecular weight is 333 g/mol. The van der Waals surface area contributed by atoms with E-state index in [0.29, 0.717) is 0 Å². The molecule has 1 amide bonds. The third kappa shape index (κ3) is 2.84. The van der Waals surface area contributed by atoms with E-state index in [9.17, 15) is 14.7 Å². The van der Waals surface area contributed by atoms with Gasteiger partial charge in [0.15, 0.2) is 16.4 Å². The molecule has 0 aliphatic heterocycles. The summed E-state index contributed by atoms with van der Waals surface area (Å²) in [5.41, 5.74) is 1.37. The molecule has 6 nitrogen and oxygen atoms in total. The van der Waals surface area contributed by atoms with Crippen LogP contribution in [0, 0.1) is 0 Å². The third-order valence-electron chi connectivity index (χ3n) is 2.27. The number of aromatic carboxylic acids is 1. The van der Waals surface area contributed by atoms with E-state index in [0.717, 1.165) is 11.3 Å². The third-order valence-corrected chi connectivity index (χ3v) is 3.66. The lowest BCUT2D eigenvalue weighted by atomic mass is 10.2. The fraction of sp³-hybridized carbons (Fsp3) is 0. The number of hydrogen-bond acceptors (Lipinski definition) is 5. The fourth-order valence-electron chi connectivity index (χ4n) is 1.36. The number of amides is 1. The molecule has 0 saturated carbocycles. The zero-order valence-corrected chi connectivity index (χ0v) is 11.9. The number of phenolic OH excluding ortho intramolecular Hbond substituents is 1. The van der Waals surface area contributed by atoms with Gasteiger partial charge in [-0.1, -0.05) is 23.2 Å². The van der Waals surface area contributed by atoms with Gasteiger partial charge in [-0.15, -0.1) is 11.3 Å². The number of phenols is 1. The summed E-state index contributed by atoms with van der Waals surface area (Å²) in [5, 5.41) is 20.5. The fourth-order valence-corrected chi connectivity index (χ4v) is 2.43. The minimum absolute atomic E-state index is 0.0622. The smallest absolute Gasteiger partial charge is 0.349 e. The van der Waals surface area contributed by atoms with Gasteiger partial charge in [-0.3, -0.25) is 4.79 Å². The molecular weight excluding hydrogens is 327 g/mol. The van der Waals surface area contributed by atoms with Gasteiger partial charge in [0, 0.05) is 5.56 Å². The molecule has 0 bridgehead atoms. The lowest BCUT2D eigenvalue weighted by Crippen LogP contribution is -2.14. The van der Waals surface area contributed by atoms with Gasteiger partial charge in [0.2, 0.25) is 0 Å². The van der Waals surface area contributed by atoms with Gasteiger partial charge >= 0.3 is 5.97 Å². The van der Waals surface area contributed by atoms with Gasteiger partial charge in [-0.25, -0.2) is 9.78 Å². The Labute approximate surface area is 126 Å². The maximum atomic E-state index is 12.0. The largest absolute Gasteiger partial charge is 0.505 e. The number of carboxylic acid groups (broad SMARTS) is 1. The van der Waals surface area contributed by atoms with E-state index in [1.807, 2.05) is 0 Å². The zero-order chi connectivity index (χ0) is 14.9. The van der Waals surface area contributed by atoms with E-state index in [1.165, 1.54) is 17.6 Å². The van der Waals surface area contributed by atoms with Crippen molar-refractivity contribution in [1.29, 1.82) is 0 Å². The monoisotopic (exact) mass is 332 g/mol. The number of halogens is 2. The molecule has 2 rings (SSSR count). The number of anilines is 1. The number of carboxylic acids is 1. The molecule has 2 aromatic rings. The number of carbonyl (C=O) groups excluding carboxylic acids is 1. The standard InChI is InChI=1S/C11H6Cl2N2O4S/c12-5-1-4(2-6(13)7(5)16)10(17)15-9-8(11(18)19)20-3-14-9/h1-3,16H,(H,15,17)(H,18,19). The van der Waals surface area contributed by atoms with Crippen LogP contribution < -0.4 is 5.32 Å². The highest BCUT2D eigenvalue weighted by Crippen LogP contribution is 2.33. The highest BCUT2D eigenvalue weighted by atomic mass is 35.5. The molecule has 0 fully saturated rings. The van der Waals surface area contributed by atoms with Crippen LogP contribution in [-0.2, 0) is 0 Å². The van der Waals surface area contributed by atoms with Gasteiger partial charge in [-0.05, 0) is 12.1 Å². The van der Waals surface area contributed by atoms with Crippen LogP contribution in [0.3, 0.4) is 0 Å². The van der Waals surface area contributed by atoms with E-state index >= 15 is 0 Å². The van der Waals surface area contributed by atoms with Crippen molar-refractivity contribution in [3.63, 3.8) is 0 Å². The van der Waals surface area contributed by atoms with Crippen molar-refractivity contribution < 1.29 is 19.8 Å². The molecule has 20 heavy (non-hydrogen) atoms. The minimum Gasteiger partial charge on any atom is -0.505 e. The molecule has 0 atom stereocenters. The summed E-state index contributed by atoms with van der Waals surface area (Å²) in [6.07, 6.45) is 0. The predicted molar refractivity (Wildman–Crippen MR) is 75.2 cm³/mol. The van der Waals surface area contributed by atoms with Gasteiger partial charge in [0.1, 0.15) is 0 Å². The Morgan fingerprint density at radius 1 is 1.25 bits per heavy atom. The van der Waals surface area contributed by atoms with Crippen molar-refractivity contribution in [2.45, 2.75) is 0 Å². The number of aromatic hydroxyl groups is 1. The van der Waals surface area contributed by atoms with E-state index in [4.69, 9.17) is 28.3 Å². The SMILES string of the molecule is O=C(Nc1ncsc1C(=O)O)c1cc(Cl)c(O)c(Cl)c1. The Balaban J connectivity index is 2.29. The Morgan fingerprint density at radius 3 is 2.40 bits per heavy atom. The molecule has 104 valence electrons. The number of rotatable bonds is 3. The normalized spacial score (nSPS) is 10.3. The van der Waals surface area contributed by atoms with Crippen molar-refractivity contribution >= 4 is 52.2 Å². The first-order valence-electron chi connectivity index (χ1n) is 5.06. The maximum absolute atomic E-state index is 12.0. The molecule has 0 spiro atoms. The van der Waals surface area contributed by atoms with Crippen molar-refractivity contribution in [1.82, 2.24) is 4.98 Å². The molecule has 0 aliphatic carbocycles. The molecule has 1 heterocycles. The lowest BCUT2D eigenvalue weighted by Gasteiger charge is -2.06. The van der Waals surface area contributed by atoms with Crippen molar-refractivity contribution in [3.05, 3.63) is 38.1 Å². The van der Waals surface area contributed by atoms with E-state index in [2.05, 4.69) is 10.3 Å². The Bertz CT molecular complexity index is 678. The van der Waals surface area contributed by atoms with Crippen LogP contribution in [0.4, 0.5) is 5.82 Å². The van der Waals surface area contributed by atoms with Gasteiger partial charge in [0.05, 0.1) is 15.6 Å². The number of thiazole rings is 1. The van der Waals surface area contributed by atoms with Crippen LogP contribution in [0.1, 0.15) is 20.0 Å². The highest BCUT2D eigenvalue weighted by molar-refractivity contribution is 7.12. The van der Waals surface area contributed by atoms with Crippen LogP contribution >= 0.6 is 34.5 Å². The molecule has 3 N–H and O–H groups in total.